The third kappa shape index (κ3) is 13.5. The molecule has 4 rings (SSSR count). The molecule has 2 heterocycles. The Balaban J connectivity index is 0.00000131. The molecular formula is C35H45N7O8S. The van der Waals surface area contributed by atoms with Gasteiger partial charge in [0.15, 0.2) is 0 Å². The van der Waals surface area contributed by atoms with E-state index in [4.69, 9.17) is 14.3 Å². The molecule has 0 aliphatic rings. The van der Waals surface area contributed by atoms with Crippen molar-refractivity contribution >= 4 is 56.8 Å². The molecule has 16 heteroatoms. The molecule has 4 N–H and O–H groups in total. The minimum atomic E-state index is -3.67. The Hall–Kier alpha value is -5.35. The highest BCUT2D eigenvalue weighted by Gasteiger charge is 2.26. The molecule has 0 bridgehead atoms. The minimum Gasteiger partial charge on any atom is -0.481 e. The second kappa shape index (κ2) is 19.7. The summed E-state index contributed by atoms with van der Waals surface area (Å²) in [6.45, 7) is 4.73. The zero-order valence-electron chi connectivity index (χ0n) is 29.2. The number of unbranched alkanes of at least 4 members (excludes halogenated alkanes) is 3. The van der Waals surface area contributed by atoms with Gasteiger partial charge in [-0.05, 0) is 60.9 Å². The maximum Gasteiger partial charge on any atom is 0.427 e. The van der Waals surface area contributed by atoms with Gasteiger partial charge >= 0.3 is 12.1 Å². The summed E-state index contributed by atoms with van der Waals surface area (Å²) in [7, 11) is -1.75. The van der Waals surface area contributed by atoms with Crippen LogP contribution in [0.15, 0.2) is 72.0 Å². The number of aryl methyl sites for hydroxylation is 1. The fourth-order valence-corrected chi connectivity index (χ4v) is 4.85. The molecule has 1 unspecified atom stereocenters. The molecule has 0 spiro atoms. The summed E-state index contributed by atoms with van der Waals surface area (Å²) >= 11 is 0. The number of aromatic nitrogens is 3. The number of hydrazone groups is 1. The van der Waals surface area contributed by atoms with Gasteiger partial charge in [-0.2, -0.15) is 13.5 Å². The Bertz CT molecular complexity index is 1870. The van der Waals surface area contributed by atoms with Crippen molar-refractivity contribution in [3.63, 3.8) is 0 Å². The number of benzene rings is 2. The molecule has 0 aliphatic carbocycles. The largest absolute Gasteiger partial charge is 0.481 e. The smallest absolute Gasteiger partial charge is 0.427 e. The summed E-state index contributed by atoms with van der Waals surface area (Å²) in [4.78, 5) is 47.7. The fourth-order valence-electron chi connectivity index (χ4n) is 4.85. The predicted octanol–water partition coefficient (Wildman–Crippen LogP) is 5.48. The maximum atomic E-state index is 13.7. The standard InChI is InChI=1S/C34H41N7O5.CH4O3S/c1-4-6-7-10-19-46-34(45)39-37-21-24-12-15-27(16-13-24)36-22-31-38-28-20-26(14-17-29(28)40(31)3)32(42)41(23-25(5-2)33(43)44)30-11-8-9-18-35-30;1-5(2,3)4/h8-9,11-18,20-21,25,36H,4-7,10,19,22-23H2,1-3H3,(H,39,45)(H,43,44);1H3,(H,2,3,4). The number of rotatable bonds is 16. The van der Waals surface area contributed by atoms with Crippen molar-refractivity contribution in [1.82, 2.24) is 20.0 Å². The van der Waals surface area contributed by atoms with E-state index < -0.39 is 28.1 Å². The van der Waals surface area contributed by atoms with Gasteiger partial charge in [-0.15, -0.1) is 0 Å². The Labute approximate surface area is 297 Å². The van der Waals surface area contributed by atoms with Crippen LogP contribution in [0.1, 0.15) is 67.7 Å². The number of carboxylic acids is 1. The molecule has 15 nitrogen and oxygen atoms in total. The van der Waals surface area contributed by atoms with E-state index in [0.29, 0.717) is 42.7 Å². The number of carboxylic acid groups (broad SMARTS) is 1. The van der Waals surface area contributed by atoms with Gasteiger partial charge in [0.05, 0.1) is 42.6 Å². The first-order valence-corrected chi connectivity index (χ1v) is 18.3. The van der Waals surface area contributed by atoms with Crippen LogP contribution in [0.25, 0.3) is 11.0 Å². The van der Waals surface area contributed by atoms with Crippen molar-refractivity contribution in [2.45, 2.75) is 52.5 Å². The third-order valence-electron chi connectivity index (χ3n) is 7.60. The number of nitrogens with zero attached hydrogens (tertiary/aromatic N) is 5. The van der Waals surface area contributed by atoms with Crippen LogP contribution >= 0.6 is 0 Å². The Morgan fingerprint density at radius 3 is 2.41 bits per heavy atom. The zero-order chi connectivity index (χ0) is 37.4. The highest BCUT2D eigenvalue weighted by Crippen LogP contribution is 2.22. The number of pyridine rings is 1. The molecule has 0 saturated heterocycles. The molecule has 274 valence electrons. The van der Waals surface area contributed by atoms with Crippen LogP contribution in [0.2, 0.25) is 0 Å². The lowest BCUT2D eigenvalue weighted by Gasteiger charge is -2.24. The molecule has 4 aromatic rings. The Morgan fingerprint density at radius 1 is 1.06 bits per heavy atom. The van der Waals surface area contributed by atoms with Gasteiger partial charge in [0.1, 0.15) is 11.6 Å². The van der Waals surface area contributed by atoms with Gasteiger partial charge in [-0.3, -0.25) is 19.0 Å². The second-order valence-electron chi connectivity index (χ2n) is 11.6. The zero-order valence-corrected chi connectivity index (χ0v) is 30.0. The molecule has 0 saturated carbocycles. The topological polar surface area (TPSA) is 205 Å². The average Bonchev–Trinajstić information content (AvgIpc) is 3.41. The van der Waals surface area contributed by atoms with Gasteiger partial charge in [0.25, 0.3) is 16.0 Å². The van der Waals surface area contributed by atoms with Crippen LogP contribution in [-0.4, -0.2) is 76.2 Å². The van der Waals surface area contributed by atoms with E-state index >= 15 is 0 Å². The maximum absolute atomic E-state index is 13.7. The average molecular weight is 724 g/mol. The van der Waals surface area contributed by atoms with Crippen molar-refractivity contribution in [3.05, 3.63) is 83.8 Å². The van der Waals surface area contributed by atoms with Gasteiger partial charge in [-0.1, -0.05) is 51.3 Å². The highest BCUT2D eigenvalue weighted by molar-refractivity contribution is 7.85. The lowest BCUT2D eigenvalue weighted by molar-refractivity contribution is -0.141. The van der Waals surface area contributed by atoms with E-state index in [9.17, 15) is 27.9 Å². The summed E-state index contributed by atoms with van der Waals surface area (Å²) in [5, 5.41) is 16.9. The van der Waals surface area contributed by atoms with Gasteiger partial charge in [-0.25, -0.2) is 20.2 Å². The quantitative estimate of drug-likeness (QED) is 0.0493. The lowest BCUT2D eigenvalue weighted by Crippen LogP contribution is -2.38. The first-order valence-electron chi connectivity index (χ1n) is 16.4. The number of hydrogen-bond acceptors (Lipinski definition) is 10. The van der Waals surface area contributed by atoms with Crippen molar-refractivity contribution in [2.24, 2.45) is 18.1 Å². The lowest BCUT2D eigenvalue weighted by atomic mass is 10.1. The number of carbonyl (C=O) groups is 3. The van der Waals surface area contributed by atoms with Crippen LogP contribution < -0.4 is 15.6 Å². The number of anilines is 2. The van der Waals surface area contributed by atoms with Crippen LogP contribution in [0, 0.1) is 5.92 Å². The summed E-state index contributed by atoms with van der Waals surface area (Å²) < 4.78 is 32.9. The molecule has 1 atom stereocenters. The number of hydrogen-bond donors (Lipinski definition) is 4. The van der Waals surface area contributed by atoms with Gasteiger partial charge in [0, 0.05) is 31.0 Å². The molecule has 2 aromatic carbocycles. The normalized spacial score (nSPS) is 11.8. The number of aliphatic carboxylic acids is 1. The predicted molar refractivity (Wildman–Crippen MR) is 196 cm³/mol. The molecule has 0 aliphatic heterocycles. The molecule has 0 fully saturated rings. The summed E-state index contributed by atoms with van der Waals surface area (Å²) in [6.07, 6.45) is 7.78. The third-order valence-corrected chi connectivity index (χ3v) is 7.60. The molecule has 0 radical (unpaired) electrons. The van der Waals surface area contributed by atoms with E-state index in [-0.39, 0.29) is 12.5 Å². The van der Waals surface area contributed by atoms with E-state index in [0.717, 1.165) is 48.3 Å². The minimum absolute atomic E-state index is 0.00396. The molecule has 51 heavy (non-hydrogen) atoms. The molecule has 2 amide bonds. The number of ether oxygens (including phenoxy) is 1. The first kappa shape index (κ1) is 40.1. The van der Waals surface area contributed by atoms with Crippen molar-refractivity contribution in [2.75, 3.05) is 29.6 Å². The summed E-state index contributed by atoms with van der Waals surface area (Å²) in [5.41, 5.74) is 5.95. The second-order valence-corrected chi connectivity index (χ2v) is 13.1. The van der Waals surface area contributed by atoms with E-state index in [1.807, 2.05) is 41.9 Å². The Morgan fingerprint density at radius 2 is 1.78 bits per heavy atom. The SMILES string of the molecule is CCCCCCOC(=O)NN=Cc1ccc(NCc2nc3cc(C(=O)N(CC(CC)C(=O)O)c4ccccn4)ccc3n2C)cc1.CS(=O)(=O)O. The van der Waals surface area contributed by atoms with Crippen molar-refractivity contribution in [3.8, 4) is 0 Å². The van der Waals surface area contributed by atoms with Crippen LogP contribution in [0.4, 0.5) is 16.3 Å². The van der Waals surface area contributed by atoms with Crippen molar-refractivity contribution < 1.29 is 37.2 Å². The van der Waals surface area contributed by atoms with E-state index in [1.54, 1.807) is 49.7 Å². The van der Waals surface area contributed by atoms with Gasteiger partial charge < -0.3 is 19.7 Å². The van der Waals surface area contributed by atoms with Crippen LogP contribution in [0.5, 0.6) is 0 Å². The number of imidazole rings is 1. The summed E-state index contributed by atoms with van der Waals surface area (Å²) in [6, 6.07) is 18.0. The highest BCUT2D eigenvalue weighted by atomic mass is 32.2. The van der Waals surface area contributed by atoms with E-state index in [2.05, 4.69) is 27.8 Å². The monoisotopic (exact) mass is 723 g/mol. The number of amides is 2. The number of fused-ring (bicyclic) bond motifs is 1. The van der Waals surface area contributed by atoms with Gasteiger partial charge in [0.2, 0.25) is 0 Å². The first-order chi connectivity index (χ1) is 24.3. The molecular weight excluding hydrogens is 678 g/mol. The van der Waals surface area contributed by atoms with Crippen LogP contribution in [0.3, 0.4) is 0 Å². The Kier molecular flexibility index (Phi) is 15.5. The number of nitrogens with one attached hydrogen (secondary N) is 2. The van der Waals surface area contributed by atoms with Crippen LogP contribution in [-0.2, 0) is 33.2 Å². The fraction of sp³-hybridized carbons (Fsp3) is 0.371. The van der Waals surface area contributed by atoms with Crippen molar-refractivity contribution in [1.29, 1.82) is 0 Å². The number of carbonyl (C=O) groups excluding carboxylic acids is 2. The molecule has 2 aromatic heterocycles. The van der Waals surface area contributed by atoms with E-state index in [1.165, 1.54) is 4.90 Å². The summed E-state index contributed by atoms with van der Waals surface area (Å²) in [5.74, 6) is -0.875.